The first-order valence-corrected chi connectivity index (χ1v) is 9.22. The minimum absolute atomic E-state index is 0.175. The Balaban J connectivity index is 1.71. The molecule has 0 aliphatic heterocycles. The molecule has 28 heavy (non-hydrogen) atoms. The Morgan fingerprint density at radius 1 is 0.643 bits per heavy atom. The maximum Gasteiger partial charge on any atom is 0.229 e. The zero-order chi connectivity index (χ0) is 19.5. The van der Waals surface area contributed by atoms with Crippen LogP contribution in [-0.4, -0.2) is 15.8 Å². The fourth-order valence-electron chi connectivity index (χ4n) is 3.37. The van der Waals surface area contributed by atoms with Crippen molar-refractivity contribution < 1.29 is 4.79 Å². The maximum atomic E-state index is 13.1. The van der Waals surface area contributed by atoms with E-state index in [1.165, 1.54) is 0 Å². The number of aryl methyl sites for hydroxylation is 2. The molecular weight excluding hydrogens is 344 g/mol. The molecular formula is C25H20N2O. The van der Waals surface area contributed by atoms with Crippen molar-refractivity contribution in [1.29, 1.82) is 0 Å². The van der Waals surface area contributed by atoms with Crippen LogP contribution in [0, 0.1) is 13.8 Å². The van der Waals surface area contributed by atoms with Crippen LogP contribution in [0.3, 0.4) is 0 Å². The first-order valence-electron chi connectivity index (χ1n) is 9.22. The zero-order valence-electron chi connectivity index (χ0n) is 15.9. The Labute approximate surface area is 164 Å². The fraction of sp³-hybridized carbons (Fsp3) is 0.0800. The second kappa shape index (κ2) is 7.57. The van der Waals surface area contributed by atoms with Crippen LogP contribution in [0.1, 0.15) is 27.3 Å². The Kier molecular flexibility index (Phi) is 4.81. The first-order chi connectivity index (χ1) is 13.6. The molecule has 2 heterocycles. The van der Waals surface area contributed by atoms with Crippen LogP contribution in [0.25, 0.3) is 22.3 Å². The topological polar surface area (TPSA) is 42.9 Å². The van der Waals surface area contributed by atoms with Crippen LogP contribution in [0.2, 0.25) is 0 Å². The number of carbonyl (C=O) groups excluding carboxylic acids is 1. The smallest absolute Gasteiger partial charge is 0.229 e. The molecule has 3 heteroatoms. The Morgan fingerprint density at radius 2 is 1.07 bits per heavy atom. The first kappa shape index (κ1) is 17.8. The second-order valence-electron chi connectivity index (χ2n) is 6.82. The number of benzene rings is 2. The van der Waals surface area contributed by atoms with Crippen molar-refractivity contribution in [3.63, 3.8) is 0 Å². The SMILES string of the molecule is Cc1ccccc1-c1ccnc(C(=O)c2cc(-c3ccccc3C)ccn2)c1. The Hall–Kier alpha value is -3.59. The van der Waals surface area contributed by atoms with Gasteiger partial charge in [0.25, 0.3) is 0 Å². The van der Waals surface area contributed by atoms with Gasteiger partial charge in [-0.3, -0.25) is 14.8 Å². The molecule has 2 aromatic carbocycles. The van der Waals surface area contributed by atoms with Gasteiger partial charge in [0.1, 0.15) is 11.4 Å². The van der Waals surface area contributed by atoms with E-state index in [2.05, 4.69) is 48.1 Å². The monoisotopic (exact) mass is 364 g/mol. The van der Waals surface area contributed by atoms with E-state index in [0.29, 0.717) is 11.4 Å². The van der Waals surface area contributed by atoms with Crippen molar-refractivity contribution in [3.05, 3.63) is 108 Å². The van der Waals surface area contributed by atoms with Gasteiger partial charge in [0.05, 0.1) is 0 Å². The van der Waals surface area contributed by atoms with E-state index in [9.17, 15) is 4.79 Å². The lowest BCUT2D eigenvalue weighted by Gasteiger charge is -2.09. The summed E-state index contributed by atoms with van der Waals surface area (Å²) in [7, 11) is 0. The Bertz CT molecular complexity index is 1070. The minimum Gasteiger partial charge on any atom is -0.285 e. The highest BCUT2D eigenvalue weighted by Gasteiger charge is 2.15. The normalized spacial score (nSPS) is 10.6. The van der Waals surface area contributed by atoms with Gasteiger partial charge in [-0.05, 0) is 71.5 Å². The molecule has 0 fully saturated rings. The Morgan fingerprint density at radius 3 is 1.50 bits per heavy atom. The summed E-state index contributed by atoms with van der Waals surface area (Å²) < 4.78 is 0. The maximum absolute atomic E-state index is 13.1. The van der Waals surface area contributed by atoms with Gasteiger partial charge in [0.15, 0.2) is 0 Å². The molecule has 3 nitrogen and oxygen atoms in total. The highest BCUT2D eigenvalue weighted by Crippen LogP contribution is 2.26. The van der Waals surface area contributed by atoms with Crippen LogP contribution in [0.4, 0.5) is 0 Å². The van der Waals surface area contributed by atoms with E-state index in [1.54, 1.807) is 12.4 Å². The number of nitrogens with zero attached hydrogens (tertiary/aromatic N) is 2. The molecule has 0 N–H and O–H groups in total. The molecule has 0 saturated carbocycles. The van der Waals surface area contributed by atoms with E-state index in [-0.39, 0.29) is 5.78 Å². The molecule has 0 aliphatic rings. The lowest BCUT2D eigenvalue weighted by molar-refractivity contribution is 0.103. The van der Waals surface area contributed by atoms with E-state index in [0.717, 1.165) is 33.4 Å². The standard InChI is InChI=1S/C25H20N2O/c1-17-7-3-5-9-21(17)19-11-13-26-23(15-19)25(28)24-16-20(12-14-27-24)22-10-6-4-8-18(22)2/h3-16H,1-2H3. The number of rotatable bonds is 4. The van der Waals surface area contributed by atoms with Gasteiger partial charge >= 0.3 is 0 Å². The van der Waals surface area contributed by atoms with Gasteiger partial charge in [-0.1, -0.05) is 48.5 Å². The van der Waals surface area contributed by atoms with Crippen LogP contribution >= 0.6 is 0 Å². The molecule has 0 radical (unpaired) electrons. The third-order valence-electron chi connectivity index (χ3n) is 4.90. The fourth-order valence-corrected chi connectivity index (χ4v) is 3.37. The van der Waals surface area contributed by atoms with Crippen molar-refractivity contribution in [1.82, 2.24) is 9.97 Å². The molecule has 0 atom stereocenters. The molecule has 0 saturated heterocycles. The van der Waals surface area contributed by atoms with Crippen molar-refractivity contribution >= 4 is 5.78 Å². The van der Waals surface area contributed by atoms with Crippen LogP contribution < -0.4 is 0 Å². The molecule has 0 aliphatic carbocycles. The molecule has 2 aromatic heterocycles. The summed E-state index contributed by atoms with van der Waals surface area (Å²) in [5.41, 5.74) is 7.27. The highest BCUT2D eigenvalue weighted by atomic mass is 16.1. The molecule has 0 amide bonds. The molecule has 4 rings (SSSR count). The third-order valence-corrected chi connectivity index (χ3v) is 4.90. The van der Waals surface area contributed by atoms with Gasteiger partial charge in [0.2, 0.25) is 5.78 Å². The second-order valence-corrected chi connectivity index (χ2v) is 6.82. The highest BCUT2D eigenvalue weighted by molar-refractivity contribution is 6.07. The average molecular weight is 364 g/mol. The van der Waals surface area contributed by atoms with E-state index < -0.39 is 0 Å². The van der Waals surface area contributed by atoms with Crippen molar-refractivity contribution in [2.24, 2.45) is 0 Å². The van der Waals surface area contributed by atoms with Crippen LogP contribution in [-0.2, 0) is 0 Å². The van der Waals surface area contributed by atoms with Crippen molar-refractivity contribution in [2.75, 3.05) is 0 Å². The summed E-state index contributed by atoms with van der Waals surface area (Å²) in [6.45, 7) is 4.12. The molecule has 4 aromatic rings. The lowest BCUT2D eigenvalue weighted by Crippen LogP contribution is -2.06. The van der Waals surface area contributed by atoms with E-state index >= 15 is 0 Å². The number of hydrogen-bond donors (Lipinski definition) is 0. The third kappa shape index (κ3) is 3.47. The van der Waals surface area contributed by atoms with Crippen molar-refractivity contribution in [3.8, 4) is 22.3 Å². The molecule has 0 unspecified atom stereocenters. The van der Waals surface area contributed by atoms with Gasteiger partial charge in [-0.2, -0.15) is 0 Å². The summed E-state index contributed by atoms with van der Waals surface area (Å²) in [5.74, 6) is -0.175. The summed E-state index contributed by atoms with van der Waals surface area (Å²) >= 11 is 0. The average Bonchev–Trinajstić information content (AvgIpc) is 2.74. The summed E-state index contributed by atoms with van der Waals surface area (Å²) in [4.78, 5) is 21.7. The number of pyridine rings is 2. The number of aromatic nitrogens is 2. The number of hydrogen-bond acceptors (Lipinski definition) is 3. The van der Waals surface area contributed by atoms with Crippen LogP contribution in [0.5, 0.6) is 0 Å². The zero-order valence-corrected chi connectivity index (χ0v) is 15.9. The summed E-state index contributed by atoms with van der Waals surface area (Å²) in [6.07, 6.45) is 3.36. The van der Waals surface area contributed by atoms with Gasteiger partial charge in [0, 0.05) is 12.4 Å². The molecule has 0 spiro atoms. The van der Waals surface area contributed by atoms with Crippen molar-refractivity contribution in [2.45, 2.75) is 13.8 Å². The summed E-state index contributed by atoms with van der Waals surface area (Å²) in [6, 6.07) is 23.8. The molecule has 0 bridgehead atoms. The predicted octanol–water partition coefficient (Wildman–Crippen LogP) is 5.66. The van der Waals surface area contributed by atoms with Gasteiger partial charge in [-0.25, -0.2) is 0 Å². The predicted molar refractivity (Wildman–Crippen MR) is 112 cm³/mol. The van der Waals surface area contributed by atoms with Gasteiger partial charge in [-0.15, -0.1) is 0 Å². The van der Waals surface area contributed by atoms with E-state index in [1.807, 2.05) is 48.5 Å². The van der Waals surface area contributed by atoms with Crippen LogP contribution in [0.15, 0.2) is 85.2 Å². The lowest BCUT2D eigenvalue weighted by atomic mass is 9.98. The quantitative estimate of drug-likeness (QED) is 0.439. The minimum atomic E-state index is -0.175. The van der Waals surface area contributed by atoms with Gasteiger partial charge < -0.3 is 0 Å². The number of ketones is 1. The molecule has 136 valence electrons. The largest absolute Gasteiger partial charge is 0.285 e. The summed E-state index contributed by atoms with van der Waals surface area (Å²) in [5, 5.41) is 0. The van der Waals surface area contributed by atoms with E-state index in [4.69, 9.17) is 0 Å². The number of carbonyl (C=O) groups is 1.